The van der Waals surface area contributed by atoms with E-state index < -0.39 is 0 Å². The van der Waals surface area contributed by atoms with Gasteiger partial charge in [0.2, 0.25) is 0 Å². The Labute approximate surface area is 104 Å². The van der Waals surface area contributed by atoms with Crippen molar-refractivity contribution in [1.29, 1.82) is 0 Å². The Morgan fingerprint density at radius 1 is 0.824 bits per heavy atom. The molecule has 0 spiro atoms. The highest BCUT2D eigenvalue weighted by atomic mass is 16.5. The average Bonchev–Trinajstić information content (AvgIpc) is 2.40. The fourth-order valence-electron chi connectivity index (χ4n) is 2.50. The van der Waals surface area contributed by atoms with Crippen molar-refractivity contribution >= 4 is 0 Å². The summed E-state index contributed by atoms with van der Waals surface area (Å²) in [5.74, 6) is 0.575. The van der Waals surface area contributed by atoms with Crippen molar-refractivity contribution in [3.05, 3.63) is 0 Å². The molecule has 2 heterocycles. The Bertz CT molecular complexity index is 184. The maximum absolute atomic E-state index is 5.89. The van der Waals surface area contributed by atoms with Crippen LogP contribution in [0.25, 0.3) is 0 Å². The third kappa shape index (κ3) is 4.52. The highest BCUT2D eigenvalue weighted by Gasteiger charge is 2.19. The minimum Gasteiger partial charge on any atom is -0.379 e. The Balaban J connectivity index is 1.71. The van der Waals surface area contributed by atoms with Crippen molar-refractivity contribution in [2.75, 3.05) is 72.2 Å². The molecule has 0 aromatic rings. The van der Waals surface area contributed by atoms with Gasteiger partial charge in [-0.3, -0.25) is 9.80 Å². The van der Waals surface area contributed by atoms with Crippen LogP contribution in [0.15, 0.2) is 0 Å². The molecule has 0 atom stereocenters. The maximum Gasteiger partial charge on any atom is 0.0594 e. The highest BCUT2D eigenvalue weighted by Crippen LogP contribution is 2.07. The summed E-state index contributed by atoms with van der Waals surface area (Å²) in [6.07, 6.45) is 0. The average molecular weight is 243 g/mol. The first-order chi connectivity index (χ1) is 8.38. The van der Waals surface area contributed by atoms with Gasteiger partial charge in [-0.2, -0.15) is 0 Å². The fraction of sp³-hybridized carbons (Fsp3) is 1.00. The standard InChI is InChI=1S/C12H25N3O2/c13-9-12(10-14-1-5-16-6-2-14)11-15-3-7-17-8-4-15/h12H,1-11,13H2. The first-order valence-electron chi connectivity index (χ1n) is 6.69. The van der Waals surface area contributed by atoms with E-state index in [1.54, 1.807) is 0 Å². The molecule has 0 radical (unpaired) electrons. The number of morpholine rings is 2. The summed E-state index contributed by atoms with van der Waals surface area (Å²) in [6.45, 7) is 10.7. The van der Waals surface area contributed by atoms with E-state index in [0.29, 0.717) is 5.92 Å². The van der Waals surface area contributed by atoms with Gasteiger partial charge in [0, 0.05) is 39.3 Å². The second kappa shape index (κ2) is 7.28. The van der Waals surface area contributed by atoms with Crippen molar-refractivity contribution < 1.29 is 9.47 Å². The van der Waals surface area contributed by atoms with E-state index in [2.05, 4.69) is 9.80 Å². The number of nitrogens with zero attached hydrogens (tertiary/aromatic N) is 2. The van der Waals surface area contributed by atoms with Gasteiger partial charge >= 0.3 is 0 Å². The van der Waals surface area contributed by atoms with Gasteiger partial charge in [-0.1, -0.05) is 0 Å². The van der Waals surface area contributed by atoms with E-state index in [9.17, 15) is 0 Å². The van der Waals surface area contributed by atoms with Gasteiger partial charge in [0.25, 0.3) is 0 Å². The SMILES string of the molecule is NCC(CN1CCOCC1)CN1CCOCC1. The Morgan fingerprint density at radius 3 is 1.59 bits per heavy atom. The van der Waals surface area contributed by atoms with Crippen molar-refractivity contribution in [2.24, 2.45) is 11.7 Å². The highest BCUT2D eigenvalue weighted by molar-refractivity contribution is 4.74. The van der Waals surface area contributed by atoms with Crippen molar-refractivity contribution in [3.8, 4) is 0 Å². The van der Waals surface area contributed by atoms with Crippen LogP contribution < -0.4 is 5.73 Å². The smallest absolute Gasteiger partial charge is 0.0594 e. The molecule has 0 bridgehead atoms. The number of hydrogen-bond donors (Lipinski definition) is 1. The van der Waals surface area contributed by atoms with Gasteiger partial charge < -0.3 is 15.2 Å². The lowest BCUT2D eigenvalue weighted by molar-refractivity contribution is 0.0132. The van der Waals surface area contributed by atoms with Crippen molar-refractivity contribution in [1.82, 2.24) is 9.80 Å². The van der Waals surface area contributed by atoms with Gasteiger partial charge in [0.1, 0.15) is 0 Å². The van der Waals surface area contributed by atoms with E-state index >= 15 is 0 Å². The van der Waals surface area contributed by atoms with E-state index in [-0.39, 0.29) is 0 Å². The van der Waals surface area contributed by atoms with Crippen LogP contribution >= 0.6 is 0 Å². The zero-order valence-corrected chi connectivity index (χ0v) is 10.6. The minimum absolute atomic E-state index is 0.575. The zero-order valence-electron chi connectivity index (χ0n) is 10.6. The summed E-state index contributed by atoms with van der Waals surface area (Å²) in [5.41, 5.74) is 5.89. The summed E-state index contributed by atoms with van der Waals surface area (Å²) < 4.78 is 10.7. The molecular weight excluding hydrogens is 218 g/mol. The lowest BCUT2D eigenvalue weighted by Gasteiger charge is -2.34. The normalized spacial score (nSPS) is 24.4. The van der Waals surface area contributed by atoms with Crippen LogP contribution in [-0.4, -0.2) is 82.0 Å². The van der Waals surface area contributed by atoms with Crippen LogP contribution in [-0.2, 0) is 9.47 Å². The molecule has 0 amide bonds. The molecule has 5 nitrogen and oxygen atoms in total. The molecule has 17 heavy (non-hydrogen) atoms. The first kappa shape index (κ1) is 13.2. The summed E-state index contributed by atoms with van der Waals surface area (Å²) in [5, 5.41) is 0. The summed E-state index contributed by atoms with van der Waals surface area (Å²) in [4.78, 5) is 4.95. The van der Waals surface area contributed by atoms with E-state index in [1.165, 1.54) is 0 Å². The number of rotatable bonds is 5. The molecule has 2 aliphatic heterocycles. The topological polar surface area (TPSA) is 51.0 Å². The lowest BCUT2D eigenvalue weighted by Crippen LogP contribution is -2.46. The number of ether oxygens (including phenoxy) is 2. The molecule has 0 aromatic heterocycles. The molecular formula is C12H25N3O2. The molecule has 2 saturated heterocycles. The van der Waals surface area contributed by atoms with Crippen molar-refractivity contribution in [2.45, 2.75) is 0 Å². The number of hydrogen-bond acceptors (Lipinski definition) is 5. The summed E-state index contributed by atoms with van der Waals surface area (Å²) in [6, 6.07) is 0. The molecule has 2 N–H and O–H groups in total. The van der Waals surface area contributed by atoms with Crippen LogP contribution in [0.1, 0.15) is 0 Å². The molecule has 0 aliphatic carbocycles. The molecule has 2 aliphatic rings. The number of nitrogens with two attached hydrogens (primary N) is 1. The van der Waals surface area contributed by atoms with Crippen molar-refractivity contribution in [3.63, 3.8) is 0 Å². The molecule has 100 valence electrons. The second-order valence-electron chi connectivity index (χ2n) is 4.93. The van der Waals surface area contributed by atoms with Gasteiger partial charge in [-0.15, -0.1) is 0 Å². The van der Waals surface area contributed by atoms with Gasteiger partial charge in [0.05, 0.1) is 26.4 Å². The summed E-state index contributed by atoms with van der Waals surface area (Å²) in [7, 11) is 0. The minimum atomic E-state index is 0.575. The van der Waals surface area contributed by atoms with Crippen LogP contribution in [0.4, 0.5) is 0 Å². The van der Waals surface area contributed by atoms with E-state index in [4.69, 9.17) is 15.2 Å². The lowest BCUT2D eigenvalue weighted by atomic mass is 10.1. The Hall–Kier alpha value is -0.200. The predicted molar refractivity (Wildman–Crippen MR) is 67.1 cm³/mol. The largest absolute Gasteiger partial charge is 0.379 e. The van der Waals surface area contributed by atoms with Crippen LogP contribution in [0, 0.1) is 5.92 Å². The van der Waals surface area contributed by atoms with Gasteiger partial charge in [-0.25, -0.2) is 0 Å². The van der Waals surface area contributed by atoms with Gasteiger partial charge in [-0.05, 0) is 12.5 Å². The maximum atomic E-state index is 5.89. The van der Waals surface area contributed by atoms with E-state index in [1.807, 2.05) is 0 Å². The molecule has 0 unspecified atom stereocenters. The fourth-order valence-corrected chi connectivity index (χ4v) is 2.50. The first-order valence-corrected chi connectivity index (χ1v) is 6.69. The monoisotopic (exact) mass is 243 g/mol. The quantitative estimate of drug-likeness (QED) is 0.687. The second-order valence-corrected chi connectivity index (χ2v) is 4.93. The predicted octanol–water partition coefficient (Wildman–Crippen LogP) is -0.774. The summed E-state index contributed by atoms with van der Waals surface area (Å²) >= 11 is 0. The third-order valence-corrected chi connectivity index (χ3v) is 3.57. The molecule has 2 rings (SSSR count). The Morgan fingerprint density at radius 2 is 1.24 bits per heavy atom. The van der Waals surface area contributed by atoms with Crippen LogP contribution in [0.2, 0.25) is 0 Å². The third-order valence-electron chi connectivity index (χ3n) is 3.57. The zero-order chi connectivity index (χ0) is 11.9. The molecule has 0 aromatic carbocycles. The van der Waals surface area contributed by atoms with Gasteiger partial charge in [0.15, 0.2) is 0 Å². The van der Waals surface area contributed by atoms with Crippen LogP contribution in [0.3, 0.4) is 0 Å². The van der Waals surface area contributed by atoms with Crippen LogP contribution in [0.5, 0.6) is 0 Å². The van der Waals surface area contributed by atoms with E-state index in [0.717, 1.165) is 72.2 Å². The Kier molecular flexibility index (Phi) is 5.67. The molecule has 0 saturated carbocycles. The molecule has 5 heteroatoms. The molecule has 2 fully saturated rings.